The Labute approximate surface area is 122 Å². The molecule has 2 N–H and O–H groups in total. The van der Waals surface area contributed by atoms with Crippen LogP contribution in [0.15, 0.2) is 23.2 Å². The minimum atomic E-state index is -0.0963. The normalized spacial score (nSPS) is 11.2. The fourth-order valence-corrected chi connectivity index (χ4v) is 2.13. The van der Waals surface area contributed by atoms with Crippen molar-refractivity contribution >= 4 is 6.21 Å². The largest absolute Gasteiger partial charge is 0.504 e. The molecule has 1 aromatic rings. The Morgan fingerprint density at radius 2 is 1.55 bits per heavy atom. The molecule has 3 nitrogen and oxygen atoms in total. The van der Waals surface area contributed by atoms with E-state index < -0.39 is 0 Å². The van der Waals surface area contributed by atoms with E-state index in [-0.39, 0.29) is 11.5 Å². The second-order valence-corrected chi connectivity index (χ2v) is 5.26. The highest BCUT2D eigenvalue weighted by atomic mass is 16.3. The molecule has 0 aliphatic heterocycles. The first kappa shape index (κ1) is 16.5. The van der Waals surface area contributed by atoms with Crippen LogP contribution in [0.3, 0.4) is 0 Å². The van der Waals surface area contributed by atoms with Crippen LogP contribution >= 0.6 is 0 Å². The van der Waals surface area contributed by atoms with Gasteiger partial charge in [-0.3, -0.25) is 4.99 Å². The monoisotopic (exact) mass is 277 g/mol. The summed E-state index contributed by atoms with van der Waals surface area (Å²) in [4.78, 5) is 4.34. The predicted molar refractivity (Wildman–Crippen MR) is 84.8 cm³/mol. The van der Waals surface area contributed by atoms with E-state index in [2.05, 4.69) is 11.9 Å². The average Bonchev–Trinajstić information content (AvgIpc) is 2.45. The van der Waals surface area contributed by atoms with Gasteiger partial charge < -0.3 is 10.2 Å². The third-order valence-electron chi connectivity index (χ3n) is 3.38. The Bertz CT molecular complexity index is 402. The molecule has 0 saturated carbocycles. The van der Waals surface area contributed by atoms with Gasteiger partial charge in [-0.2, -0.15) is 0 Å². The van der Waals surface area contributed by atoms with Crippen molar-refractivity contribution in [1.29, 1.82) is 0 Å². The SMILES string of the molecule is CCCCCCCCCCN=Cc1ccc(O)c(O)c1. The van der Waals surface area contributed by atoms with Crippen molar-refractivity contribution in [3.8, 4) is 11.5 Å². The number of hydrogen-bond donors (Lipinski definition) is 2. The number of rotatable bonds is 10. The van der Waals surface area contributed by atoms with Crippen molar-refractivity contribution in [1.82, 2.24) is 0 Å². The molecule has 0 aromatic heterocycles. The average molecular weight is 277 g/mol. The van der Waals surface area contributed by atoms with Crippen LogP contribution in [0.4, 0.5) is 0 Å². The van der Waals surface area contributed by atoms with Gasteiger partial charge >= 0.3 is 0 Å². The van der Waals surface area contributed by atoms with Crippen molar-refractivity contribution in [2.24, 2.45) is 4.99 Å². The van der Waals surface area contributed by atoms with Gasteiger partial charge in [-0.1, -0.05) is 51.9 Å². The number of benzene rings is 1. The van der Waals surface area contributed by atoms with E-state index >= 15 is 0 Å². The summed E-state index contributed by atoms with van der Waals surface area (Å²) in [7, 11) is 0. The summed E-state index contributed by atoms with van der Waals surface area (Å²) in [5, 5.41) is 18.5. The first-order valence-corrected chi connectivity index (χ1v) is 7.76. The van der Waals surface area contributed by atoms with Gasteiger partial charge in [0.15, 0.2) is 11.5 Å². The lowest BCUT2D eigenvalue weighted by Gasteiger charge is -2.00. The highest BCUT2D eigenvalue weighted by Gasteiger charge is 1.97. The lowest BCUT2D eigenvalue weighted by molar-refractivity contribution is 0.403. The molecular formula is C17H27NO2. The molecule has 0 amide bonds. The molecule has 1 rings (SSSR count). The summed E-state index contributed by atoms with van der Waals surface area (Å²) in [6.45, 7) is 3.07. The molecule has 0 spiro atoms. The van der Waals surface area contributed by atoms with Gasteiger partial charge in [-0.15, -0.1) is 0 Å². The maximum atomic E-state index is 9.35. The lowest BCUT2D eigenvalue weighted by atomic mass is 10.1. The van der Waals surface area contributed by atoms with E-state index in [0.717, 1.165) is 18.5 Å². The van der Waals surface area contributed by atoms with Gasteiger partial charge in [0.1, 0.15) is 0 Å². The van der Waals surface area contributed by atoms with Gasteiger partial charge in [0.25, 0.3) is 0 Å². The van der Waals surface area contributed by atoms with E-state index in [9.17, 15) is 10.2 Å². The molecule has 1 aromatic carbocycles. The zero-order valence-corrected chi connectivity index (χ0v) is 12.5. The van der Waals surface area contributed by atoms with Crippen LogP contribution in [-0.2, 0) is 0 Å². The molecule has 0 aliphatic rings. The Morgan fingerprint density at radius 1 is 0.900 bits per heavy atom. The molecule has 3 heteroatoms. The molecule has 0 aliphatic carbocycles. The molecule has 0 heterocycles. The molecule has 0 fully saturated rings. The minimum absolute atomic E-state index is 0.0924. The lowest BCUT2D eigenvalue weighted by Crippen LogP contribution is -1.86. The van der Waals surface area contributed by atoms with Crippen molar-refractivity contribution < 1.29 is 10.2 Å². The van der Waals surface area contributed by atoms with Crippen LogP contribution in [0.2, 0.25) is 0 Å². The Hall–Kier alpha value is -1.51. The summed E-state index contributed by atoms with van der Waals surface area (Å²) in [5.41, 5.74) is 0.819. The quantitative estimate of drug-likeness (QED) is 0.371. The number of hydrogen-bond acceptors (Lipinski definition) is 3. The van der Waals surface area contributed by atoms with Gasteiger partial charge in [0, 0.05) is 12.8 Å². The summed E-state index contributed by atoms with van der Waals surface area (Å²) in [6, 6.07) is 4.74. The molecule has 0 radical (unpaired) electrons. The maximum Gasteiger partial charge on any atom is 0.158 e. The first-order chi connectivity index (χ1) is 9.74. The van der Waals surface area contributed by atoms with Crippen molar-refractivity contribution in [2.45, 2.75) is 58.3 Å². The van der Waals surface area contributed by atoms with E-state index in [1.807, 2.05) is 0 Å². The first-order valence-electron chi connectivity index (χ1n) is 7.76. The number of phenolic OH excluding ortho intramolecular Hbond substituents is 2. The Balaban J connectivity index is 2.06. The smallest absolute Gasteiger partial charge is 0.158 e. The standard InChI is InChI=1S/C17H27NO2/c1-2-3-4-5-6-7-8-9-12-18-14-15-10-11-16(19)17(20)13-15/h10-11,13-14,19-20H,2-9,12H2,1H3. The Morgan fingerprint density at radius 3 is 2.20 bits per heavy atom. The topological polar surface area (TPSA) is 52.8 Å². The van der Waals surface area contributed by atoms with Gasteiger partial charge in [-0.05, 0) is 30.2 Å². The Kier molecular flexibility index (Phi) is 8.52. The minimum Gasteiger partial charge on any atom is -0.504 e. The van der Waals surface area contributed by atoms with Crippen LogP contribution in [0.5, 0.6) is 11.5 Å². The number of phenols is 2. The van der Waals surface area contributed by atoms with E-state index in [1.165, 1.54) is 57.1 Å². The highest BCUT2D eigenvalue weighted by Crippen LogP contribution is 2.23. The molecular weight excluding hydrogens is 250 g/mol. The number of aromatic hydroxyl groups is 2. The number of unbranched alkanes of at least 4 members (excludes halogenated alkanes) is 7. The number of aliphatic imine (C=N–C) groups is 1. The van der Waals surface area contributed by atoms with E-state index in [1.54, 1.807) is 12.3 Å². The third-order valence-corrected chi connectivity index (χ3v) is 3.38. The fourth-order valence-electron chi connectivity index (χ4n) is 2.13. The zero-order chi connectivity index (χ0) is 14.6. The predicted octanol–water partition coefficient (Wildman–Crippen LogP) is 4.66. The second-order valence-electron chi connectivity index (χ2n) is 5.26. The van der Waals surface area contributed by atoms with Crippen molar-refractivity contribution in [3.63, 3.8) is 0 Å². The number of nitrogens with zero attached hydrogens (tertiary/aromatic N) is 1. The zero-order valence-electron chi connectivity index (χ0n) is 12.5. The van der Waals surface area contributed by atoms with Gasteiger partial charge in [0.2, 0.25) is 0 Å². The fraction of sp³-hybridized carbons (Fsp3) is 0.588. The summed E-state index contributed by atoms with van der Waals surface area (Å²) in [6.07, 6.45) is 12.2. The summed E-state index contributed by atoms with van der Waals surface area (Å²) in [5.74, 6) is -0.189. The molecule has 0 atom stereocenters. The maximum absolute atomic E-state index is 9.35. The highest BCUT2D eigenvalue weighted by molar-refractivity contribution is 5.80. The molecule has 0 saturated heterocycles. The summed E-state index contributed by atoms with van der Waals surface area (Å²) >= 11 is 0. The van der Waals surface area contributed by atoms with Gasteiger partial charge in [-0.25, -0.2) is 0 Å². The van der Waals surface area contributed by atoms with Crippen LogP contribution in [0, 0.1) is 0 Å². The second kappa shape index (κ2) is 10.3. The van der Waals surface area contributed by atoms with E-state index in [0.29, 0.717) is 0 Å². The summed E-state index contributed by atoms with van der Waals surface area (Å²) < 4.78 is 0. The van der Waals surface area contributed by atoms with E-state index in [4.69, 9.17) is 0 Å². The van der Waals surface area contributed by atoms with Crippen LogP contribution in [0.25, 0.3) is 0 Å². The molecule has 112 valence electrons. The van der Waals surface area contributed by atoms with Crippen molar-refractivity contribution in [3.05, 3.63) is 23.8 Å². The third kappa shape index (κ3) is 7.17. The van der Waals surface area contributed by atoms with Gasteiger partial charge in [0.05, 0.1) is 0 Å². The van der Waals surface area contributed by atoms with Crippen molar-refractivity contribution in [2.75, 3.05) is 6.54 Å². The molecule has 0 bridgehead atoms. The molecule has 20 heavy (non-hydrogen) atoms. The van der Waals surface area contributed by atoms with Crippen LogP contribution in [-0.4, -0.2) is 23.0 Å². The van der Waals surface area contributed by atoms with Crippen LogP contribution in [0.1, 0.15) is 63.9 Å². The van der Waals surface area contributed by atoms with Crippen LogP contribution < -0.4 is 0 Å². The molecule has 0 unspecified atom stereocenters.